The van der Waals surface area contributed by atoms with E-state index >= 15 is 0 Å². The molecule has 0 amide bonds. The molecule has 0 radical (unpaired) electrons. The molecule has 0 aliphatic rings. The average Bonchev–Trinajstić information content (AvgIpc) is 2.45. The molecule has 2 heteroatoms. The third kappa shape index (κ3) is 3.82. The van der Waals surface area contributed by atoms with Gasteiger partial charge in [0.05, 0.1) is 5.52 Å². The lowest BCUT2D eigenvalue weighted by Crippen LogP contribution is -1.86. The van der Waals surface area contributed by atoms with Crippen LogP contribution in [0.2, 0.25) is 0 Å². The van der Waals surface area contributed by atoms with Crippen LogP contribution < -0.4 is 5.73 Å². The van der Waals surface area contributed by atoms with Gasteiger partial charge >= 0.3 is 0 Å². The summed E-state index contributed by atoms with van der Waals surface area (Å²) < 4.78 is 0. The Bertz CT molecular complexity index is 722. The Labute approximate surface area is 126 Å². The molecule has 0 saturated heterocycles. The van der Waals surface area contributed by atoms with Gasteiger partial charge in [-0.05, 0) is 74.7 Å². The maximum absolute atomic E-state index is 5.43. The van der Waals surface area contributed by atoms with Gasteiger partial charge in [0.1, 0.15) is 0 Å². The van der Waals surface area contributed by atoms with E-state index in [1.165, 1.54) is 27.6 Å². The maximum Gasteiger partial charge on any atom is 0.0707 e. The lowest BCUT2D eigenvalue weighted by molar-refractivity contribution is 1.31. The molecule has 0 unspecified atom stereocenters. The number of nitrogen functional groups attached to an aromatic ring is 1. The first-order valence-electron chi connectivity index (χ1n) is 7.12. The summed E-state index contributed by atoms with van der Waals surface area (Å²) in [5.74, 6) is 0. The van der Waals surface area contributed by atoms with Crippen molar-refractivity contribution in [1.82, 2.24) is 4.98 Å². The number of aromatic nitrogens is 1. The Hall–Kier alpha value is -2.35. The van der Waals surface area contributed by atoms with E-state index in [4.69, 9.17) is 5.73 Å². The minimum atomic E-state index is 0.829. The number of rotatable bonds is 0. The van der Waals surface area contributed by atoms with Crippen LogP contribution in [0.1, 0.15) is 22.3 Å². The average molecular weight is 278 g/mol. The van der Waals surface area contributed by atoms with Crippen LogP contribution in [-0.4, -0.2) is 4.98 Å². The van der Waals surface area contributed by atoms with Crippen LogP contribution >= 0.6 is 0 Å². The van der Waals surface area contributed by atoms with Crippen LogP contribution in [0.5, 0.6) is 0 Å². The van der Waals surface area contributed by atoms with Gasteiger partial charge in [-0.15, -0.1) is 0 Å². The van der Waals surface area contributed by atoms with E-state index in [0.717, 1.165) is 11.2 Å². The molecule has 2 N–H and O–H groups in total. The number of benzene rings is 2. The zero-order valence-corrected chi connectivity index (χ0v) is 13.1. The van der Waals surface area contributed by atoms with Gasteiger partial charge in [0.25, 0.3) is 0 Å². The SMILES string of the molecule is Cc1cc2nccc(C)c2cc1C.Cc1ccc(N)cc1. The molecule has 0 spiro atoms. The Balaban J connectivity index is 0.000000173. The molecule has 0 saturated carbocycles. The lowest BCUT2D eigenvalue weighted by atomic mass is 10.0. The molecule has 2 nitrogen and oxygen atoms in total. The maximum atomic E-state index is 5.43. The van der Waals surface area contributed by atoms with Gasteiger partial charge in [0.2, 0.25) is 0 Å². The highest BCUT2D eigenvalue weighted by atomic mass is 14.6. The zero-order chi connectivity index (χ0) is 15.4. The molecule has 0 bridgehead atoms. The van der Waals surface area contributed by atoms with Crippen molar-refractivity contribution in [3.8, 4) is 0 Å². The van der Waals surface area contributed by atoms with Crippen molar-refractivity contribution in [2.75, 3.05) is 5.73 Å². The quantitative estimate of drug-likeness (QED) is 0.603. The van der Waals surface area contributed by atoms with Gasteiger partial charge in [-0.25, -0.2) is 0 Å². The molecule has 0 fully saturated rings. The summed E-state index contributed by atoms with van der Waals surface area (Å²) in [6.45, 7) is 8.43. The number of hydrogen-bond donors (Lipinski definition) is 1. The highest BCUT2D eigenvalue weighted by molar-refractivity contribution is 5.83. The highest BCUT2D eigenvalue weighted by Crippen LogP contribution is 2.19. The van der Waals surface area contributed by atoms with Crippen LogP contribution in [-0.2, 0) is 0 Å². The van der Waals surface area contributed by atoms with E-state index in [-0.39, 0.29) is 0 Å². The van der Waals surface area contributed by atoms with Crippen molar-refractivity contribution >= 4 is 16.6 Å². The summed E-state index contributed by atoms with van der Waals surface area (Å²) in [6, 6.07) is 14.2. The molecule has 108 valence electrons. The second kappa shape index (κ2) is 6.40. The number of nitrogens with two attached hydrogens (primary N) is 1. The van der Waals surface area contributed by atoms with Crippen LogP contribution in [0.25, 0.3) is 10.9 Å². The first kappa shape index (κ1) is 15.0. The highest BCUT2D eigenvalue weighted by Gasteiger charge is 2.00. The van der Waals surface area contributed by atoms with E-state index in [0.29, 0.717) is 0 Å². The Morgan fingerprint density at radius 1 is 0.762 bits per heavy atom. The van der Waals surface area contributed by atoms with Gasteiger partial charge in [-0.1, -0.05) is 17.7 Å². The number of aryl methyl sites for hydroxylation is 4. The molecule has 1 aromatic heterocycles. The molecule has 0 atom stereocenters. The minimum absolute atomic E-state index is 0.829. The lowest BCUT2D eigenvalue weighted by Gasteiger charge is -2.04. The Morgan fingerprint density at radius 2 is 1.38 bits per heavy atom. The standard InChI is InChI=1S/C12H13N.C7H9N/c1-8-4-5-13-12-7-10(3)9(2)6-11(8)12;1-6-2-4-7(8)5-3-6/h4-7H,1-3H3;2-5H,8H2,1H3. The molecular formula is C19H22N2. The molecule has 0 aliphatic heterocycles. The summed E-state index contributed by atoms with van der Waals surface area (Å²) in [7, 11) is 0. The summed E-state index contributed by atoms with van der Waals surface area (Å²) in [4.78, 5) is 4.34. The molecule has 3 rings (SSSR count). The molecule has 0 aliphatic carbocycles. The van der Waals surface area contributed by atoms with Crippen molar-refractivity contribution in [2.45, 2.75) is 27.7 Å². The topological polar surface area (TPSA) is 38.9 Å². The van der Waals surface area contributed by atoms with Gasteiger partial charge in [0.15, 0.2) is 0 Å². The fourth-order valence-electron chi connectivity index (χ4n) is 2.11. The largest absolute Gasteiger partial charge is 0.399 e. The summed E-state index contributed by atoms with van der Waals surface area (Å²) in [5.41, 5.74) is 12.6. The van der Waals surface area contributed by atoms with Crippen molar-refractivity contribution in [3.63, 3.8) is 0 Å². The second-order valence-corrected chi connectivity index (χ2v) is 5.49. The second-order valence-electron chi connectivity index (χ2n) is 5.49. The Morgan fingerprint density at radius 3 is 2.00 bits per heavy atom. The fraction of sp³-hybridized carbons (Fsp3) is 0.211. The fourth-order valence-corrected chi connectivity index (χ4v) is 2.11. The van der Waals surface area contributed by atoms with Crippen LogP contribution in [0.4, 0.5) is 5.69 Å². The first-order valence-corrected chi connectivity index (χ1v) is 7.12. The predicted molar refractivity (Wildman–Crippen MR) is 91.5 cm³/mol. The van der Waals surface area contributed by atoms with E-state index in [1.807, 2.05) is 37.4 Å². The number of hydrogen-bond acceptors (Lipinski definition) is 2. The van der Waals surface area contributed by atoms with Crippen LogP contribution in [0.3, 0.4) is 0 Å². The van der Waals surface area contributed by atoms with Crippen molar-refractivity contribution in [2.24, 2.45) is 0 Å². The van der Waals surface area contributed by atoms with Gasteiger partial charge < -0.3 is 5.73 Å². The smallest absolute Gasteiger partial charge is 0.0707 e. The molecule has 3 aromatic rings. The third-order valence-corrected chi connectivity index (χ3v) is 3.65. The van der Waals surface area contributed by atoms with Gasteiger partial charge in [-0.2, -0.15) is 0 Å². The number of anilines is 1. The molecule has 2 aromatic carbocycles. The summed E-state index contributed by atoms with van der Waals surface area (Å²) in [6.07, 6.45) is 1.87. The van der Waals surface area contributed by atoms with E-state index < -0.39 is 0 Å². The Kier molecular flexibility index (Phi) is 4.59. The number of pyridine rings is 1. The van der Waals surface area contributed by atoms with Gasteiger partial charge in [-0.3, -0.25) is 4.98 Å². The molecule has 21 heavy (non-hydrogen) atoms. The number of nitrogens with zero attached hydrogens (tertiary/aromatic N) is 1. The van der Waals surface area contributed by atoms with E-state index in [2.05, 4.69) is 44.0 Å². The van der Waals surface area contributed by atoms with E-state index in [9.17, 15) is 0 Å². The normalized spacial score (nSPS) is 10.1. The third-order valence-electron chi connectivity index (χ3n) is 3.65. The summed E-state index contributed by atoms with van der Waals surface area (Å²) >= 11 is 0. The van der Waals surface area contributed by atoms with Gasteiger partial charge in [0, 0.05) is 17.3 Å². The molecular weight excluding hydrogens is 256 g/mol. The van der Waals surface area contributed by atoms with Crippen molar-refractivity contribution < 1.29 is 0 Å². The minimum Gasteiger partial charge on any atom is -0.399 e. The predicted octanol–water partition coefficient (Wildman–Crippen LogP) is 4.74. The van der Waals surface area contributed by atoms with E-state index in [1.54, 1.807) is 0 Å². The monoisotopic (exact) mass is 278 g/mol. The van der Waals surface area contributed by atoms with Crippen LogP contribution in [0.15, 0.2) is 48.7 Å². The van der Waals surface area contributed by atoms with Crippen molar-refractivity contribution in [3.05, 3.63) is 70.9 Å². The first-order chi connectivity index (χ1) is 9.97. The number of fused-ring (bicyclic) bond motifs is 1. The summed E-state index contributed by atoms with van der Waals surface area (Å²) in [5, 5.41) is 1.27. The molecule has 1 heterocycles. The van der Waals surface area contributed by atoms with Crippen molar-refractivity contribution in [1.29, 1.82) is 0 Å². The zero-order valence-electron chi connectivity index (χ0n) is 13.1. The van der Waals surface area contributed by atoms with Crippen LogP contribution in [0, 0.1) is 27.7 Å².